The monoisotopic (exact) mass is 156 g/mol. The van der Waals surface area contributed by atoms with E-state index in [1.807, 2.05) is 0 Å². The molecule has 0 fully saturated rings. The van der Waals surface area contributed by atoms with Crippen molar-refractivity contribution in [2.24, 2.45) is 0 Å². The maximum atomic E-state index is 3.32. The Bertz CT molecular complexity index is 53.9. The van der Waals surface area contributed by atoms with Gasteiger partial charge in [-0.05, 0) is 32.4 Å². The Morgan fingerprint density at radius 1 is 1.09 bits per heavy atom. The Kier molecular flexibility index (Phi) is 9.92. The molecule has 0 aliphatic carbocycles. The van der Waals surface area contributed by atoms with Gasteiger partial charge in [-0.1, -0.05) is 33.1 Å². The summed E-state index contributed by atoms with van der Waals surface area (Å²) in [6, 6.07) is 0. The average molecular weight is 156 g/mol. The Hall–Kier alpha value is -0.0400. The van der Waals surface area contributed by atoms with Gasteiger partial charge in [-0.25, -0.2) is 0 Å². The molecular weight excluding hydrogens is 134 g/mol. The van der Waals surface area contributed by atoms with Crippen molar-refractivity contribution in [2.75, 3.05) is 13.1 Å². The first-order chi connectivity index (χ1) is 5.41. The van der Waals surface area contributed by atoms with Gasteiger partial charge in [0.25, 0.3) is 0 Å². The molecule has 0 bridgehead atoms. The molecule has 1 N–H and O–H groups in total. The summed E-state index contributed by atoms with van der Waals surface area (Å²) >= 11 is 0. The molecule has 1 heteroatoms. The van der Waals surface area contributed by atoms with Gasteiger partial charge < -0.3 is 5.32 Å². The van der Waals surface area contributed by atoms with Crippen molar-refractivity contribution in [1.29, 1.82) is 0 Å². The molecule has 67 valence electrons. The van der Waals surface area contributed by atoms with Gasteiger partial charge in [0.2, 0.25) is 0 Å². The zero-order chi connectivity index (χ0) is 8.36. The summed E-state index contributed by atoms with van der Waals surface area (Å²) in [4.78, 5) is 0. The number of unbranched alkanes of at least 4 members (excludes halogenated alkanes) is 5. The molecule has 0 saturated carbocycles. The zero-order valence-electron chi connectivity index (χ0n) is 8.03. The van der Waals surface area contributed by atoms with Gasteiger partial charge in [-0.3, -0.25) is 0 Å². The highest BCUT2D eigenvalue weighted by Crippen LogP contribution is 2.02. The fraction of sp³-hybridized carbons (Fsp3) is 0.900. The average Bonchev–Trinajstić information content (AvgIpc) is 2.03. The minimum absolute atomic E-state index is 1.11. The van der Waals surface area contributed by atoms with Crippen LogP contribution in [-0.4, -0.2) is 13.1 Å². The Labute approximate surface area is 71.6 Å². The lowest BCUT2D eigenvalue weighted by atomic mass is 10.1. The summed E-state index contributed by atoms with van der Waals surface area (Å²) in [7, 11) is 0. The minimum atomic E-state index is 1.11. The Morgan fingerprint density at radius 2 is 1.82 bits per heavy atom. The van der Waals surface area contributed by atoms with Gasteiger partial charge in [0, 0.05) is 0 Å². The van der Waals surface area contributed by atoms with Crippen LogP contribution in [-0.2, 0) is 0 Å². The van der Waals surface area contributed by atoms with E-state index in [1.165, 1.54) is 38.6 Å². The highest BCUT2D eigenvalue weighted by atomic mass is 14.8. The molecule has 0 heterocycles. The predicted octanol–water partition coefficient (Wildman–Crippen LogP) is 2.77. The van der Waals surface area contributed by atoms with Gasteiger partial charge >= 0.3 is 0 Å². The van der Waals surface area contributed by atoms with E-state index in [4.69, 9.17) is 0 Å². The molecule has 0 atom stereocenters. The van der Waals surface area contributed by atoms with E-state index in [1.54, 1.807) is 0 Å². The van der Waals surface area contributed by atoms with Crippen LogP contribution in [0.2, 0.25) is 0 Å². The molecule has 0 unspecified atom stereocenters. The molecule has 0 rings (SSSR count). The Balaban J connectivity index is 2.69. The van der Waals surface area contributed by atoms with Crippen LogP contribution in [0.15, 0.2) is 0 Å². The summed E-state index contributed by atoms with van der Waals surface area (Å²) in [6.45, 7) is 6.68. The molecule has 1 nitrogen and oxygen atoms in total. The molecule has 0 aliphatic rings. The van der Waals surface area contributed by atoms with E-state index in [0.717, 1.165) is 6.54 Å². The Morgan fingerprint density at radius 3 is 2.45 bits per heavy atom. The van der Waals surface area contributed by atoms with Gasteiger partial charge in [-0.15, -0.1) is 0 Å². The van der Waals surface area contributed by atoms with Gasteiger partial charge in [0.1, 0.15) is 0 Å². The lowest BCUT2D eigenvalue weighted by Gasteiger charge is -2.00. The maximum absolute atomic E-state index is 3.32. The van der Waals surface area contributed by atoms with E-state index in [-0.39, 0.29) is 0 Å². The first kappa shape index (κ1) is 11.0. The normalized spacial score (nSPS) is 10.4. The van der Waals surface area contributed by atoms with E-state index < -0.39 is 0 Å². The van der Waals surface area contributed by atoms with Crippen LogP contribution in [0.5, 0.6) is 0 Å². The van der Waals surface area contributed by atoms with Crippen molar-refractivity contribution in [3.8, 4) is 0 Å². The topological polar surface area (TPSA) is 12.0 Å². The lowest BCUT2D eigenvalue weighted by molar-refractivity contribution is 0.649. The van der Waals surface area contributed by atoms with Gasteiger partial charge in [0.15, 0.2) is 0 Å². The highest BCUT2D eigenvalue weighted by molar-refractivity contribution is 4.64. The van der Waals surface area contributed by atoms with Gasteiger partial charge in [0.05, 0.1) is 0 Å². The smallest absolute Gasteiger partial charge is 0.00489 e. The molecule has 0 saturated heterocycles. The largest absolute Gasteiger partial charge is 0.317 e. The first-order valence-electron chi connectivity index (χ1n) is 4.94. The zero-order valence-corrected chi connectivity index (χ0v) is 8.03. The molecule has 0 aromatic rings. The van der Waals surface area contributed by atoms with Crippen LogP contribution in [0, 0.1) is 6.42 Å². The highest BCUT2D eigenvalue weighted by Gasteiger charge is 1.88. The fourth-order valence-electron chi connectivity index (χ4n) is 1.04. The van der Waals surface area contributed by atoms with Crippen LogP contribution in [0.1, 0.15) is 46.0 Å². The van der Waals surface area contributed by atoms with E-state index in [0.29, 0.717) is 0 Å². The molecule has 11 heavy (non-hydrogen) atoms. The molecule has 0 aromatic heterocycles. The third-order valence-corrected chi connectivity index (χ3v) is 1.77. The third kappa shape index (κ3) is 9.96. The third-order valence-electron chi connectivity index (χ3n) is 1.77. The number of hydrogen-bond acceptors (Lipinski definition) is 1. The standard InChI is InChI=1S/C10H22N/c1-3-5-6-7-8-9-10-11-4-2/h7,11H,3-6,8-10H2,1-2H3. The van der Waals surface area contributed by atoms with Crippen LogP contribution >= 0.6 is 0 Å². The number of nitrogens with one attached hydrogen (secondary N) is 1. The fourth-order valence-corrected chi connectivity index (χ4v) is 1.04. The van der Waals surface area contributed by atoms with Crippen LogP contribution in [0.25, 0.3) is 0 Å². The van der Waals surface area contributed by atoms with Crippen molar-refractivity contribution in [1.82, 2.24) is 5.32 Å². The molecule has 0 spiro atoms. The maximum Gasteiger partial charge on any atom is -0.00489 e. The summed E-state index contributed by atoms with van der Waals surface area (Å²) in [5.74, 6) is 0. The molecule has 0 aliphatic heterocycles. The van der Waals surface area contributed by atoms with Crippen molar-refractivity contribution < 1.29 is 0 Å². The van der Waals surface area contributed by atoms with Crippen LogP contribution < -0.4 is 5.32 Å². The van der Waals surface area contributed by atoms with Crippen LogP contribution in [0.4, 0.5) is 0 Å². The SMILES string of the molecule is CCCC[CH]CCCNCC. The van der Waals surface area contributed by atoms with Crippen molar-refractivity contribution >= 4 is 0 Å². The van der Waals surface area contributed by atoms with Crippen molar-refractivity contribution in [2.45, 2.75) is 46.0 Å². The quantitative estimate of drug-likeness (QED) is 0.533. The second-order valence-electron chi connectivity index (χ2n) is 2.93. The summed E-state index contributed by atoms with van der Waals surface area (Å²) in [5.41, 5.74) is 0. The number of rotatable bonds is 8. The molecule has 1 radical (unpaired) electrons. The second-order valence-corrected chi connectivity index (χ2v) is 2.93. The molecular formula is C10H22N. The molecule has 0 amide bonds. The second kappa shape index (κ2) is 9.96. The van der Waals surface area contributed by atoms with E-state index >= 15 is 0 Å². The first-order valence-corrected chi connectivity index (χ1v) is 4.94. The van der Waals surface area contributed by atoms with Gasteiger partial charge in [-0.2, -0.15) is 0 Å². The summed E-state index contributed by atoms with van der Waals surface area (Å²) in [6.07, 6.45) is 9.00. The van der Waals surface area contributed by atoms with E-state index in [9.17, 15) is 0 Å². The summed E-state index contributed by atoms with van der Waals surface area (Å²) in [5, 5.41) is 3.32. The summed E-state index contributed by atoms with van der Waals surface area (Å²) < 4.78 is 0. The minimum Gasteiger partial charge on any atom is -0.317 e. The van der Waals surface area contributed by atoms with Crippen molar-refractivity contribution in [3.63, 3.8) is 0 Å². The lowest BCUT2D eigenvalue weighted by Crippen LogP contribution is -2.13. The van der Waals surface area contributed by atoms with Crippen LogP contribution in [0.3, 0.4) is 0 Å². The van der Waals surface area contributed by atoms with E-state index in [2.05, 4.69) is 25.6 Å². The predicted molar refractivity (Wildman–Crippen MR) is 51.6 cm³/mol. The van der Waals surface area contributed by atoms with Crippen molar-refractivity contribution in [3.05, 3.63) is 6.42 Å². The number of hydrogen-bond donors (Lipinski definition) is 1. The molecule has 0 aromatic carbocycles.